The van der Waals surface area contributed by atoms with Crippen LogP contribution in [0, 0.1) is 25.2 Å². The van der Waals surface area contributed by atoms with Crippen LogP contribution in [-0.4, -0.2) is 13.0 Å². The van der Waals surface area contributed by atoms with Crippen LogP contribution in [0.3, 0.4) is 0 Å². The molecule has 1 amide bonds. The highest BCUT2D eigenvalue weighted by Crippen LogP contribution is 2.35. The Morgan fingerprint density at radius 3 is 2.47 bits per heavy atom. The fraction of sp³-hybridized carbons (Fsp3) is 0.154. The Bertz CT molecular complexity index is 1200. The zero-order valence-electron chi connectivity index (χ0n) is 18.1. The monoisotopic (exact) mass is 490 g/mol. The molecule has 0 saturated heterocycles. The first-order valence-corrected chi connectivity index (χ1v) is 10.7. The lowest BCUT2D eigenvalue weighted by molar-refractivity contribution is -0.112. The van der Waals surface area contributed by atoms with Crippen LogP contribution >= 0.6 is 15.9 Å². The van der Waals surface area contributed by atoms with Crippen LogP contribution in [0.25, 0.3) is 6.08 Å². The van der Waals surface area contributed by atoms with E-state index in [4.69, 9.17) is 9.47 Å². The highest BCUT2D eigenvalue weighted by atomic mass is 79.9. The van der Waals surface area contributed by atoms with Crippen LogP contribution in [0.1, 0.15) is 22.3 Å². The fourth-order valence-corrected chi connectivity index (χ4v) is 3.43. The summed E-state index contributed by atoms with van der Waals surface area (Å²) in [6.45, 7) is 4.36. The molecule has 1 N–H and O–H groups in total. The van der Waals surface area contributed by atoms with E-state index in [0.29, 0.717) is 33.8 Å². The van der Waals surface area contributed by atoms with Gasteiger partial charge in [0.2, 0.25) is 0 Å². The van der Waals surface area contributed by atoms with Crippen molar-refractivity contribution in [1.82, 2.24) is 0 Å². The molecule has 162 valence electrons. The minimum atomic E-state index is -0.481. The third-order valence-corrected chi connectivity index (χ3v) is 5.64. The molecule has 3 aromatic rings. The number of carbonyl (C=O) groups is 1. The smallest absolute Gasteiger partial charge is 0.266 e. The van der Waals surface area contributed by atoms with E-state index < -0.39 is 5.91 Å². The molecule has 0 unspecified atom stereocenters. The molecule has 0 radical (unpaired) electrons. The van der Waals surface area contributed by atoms with Crippen molar-refractivity contribution < 1.29 is 14.3 Å². The Morgan fingerprint density at radius 2 is 1.81 bits per heavy atom. The van der Waals surface area contributed by atoms with Gasteiger partial charge >= 0.3 is 0 Å². The lowest BCUT2D eigenvalue weighted by atomic mass is 10.1. The predicted octanol–water partition coefficient (Wildman–Crippen LogP) is 6.20. The van der Waals surface area contributed by atoms with Gasteiger partial charge in [-0.1, -0.05) is 52.3 Å². The van der Waals surface area contributed by atoms with Crippen molar-refractivity contribution >= 4 is 33.6 Å². The Kier molecular flexibility index (Phi) is 7.69. The molecule has 0 bridgehead atoms. The summed E-state index contributed by atoms with van der Waals surface area (Å²) in [4.78, 5) is 12.7. The standard InChI is InChI=1S/C26H23BrN2O3/c1-17-9-10-22(11-18(17)2)29-26(30)21(15-28)12-20-13-24(31-3)25(14-23(20)27)32-16-19-7-5-4-6-8-19/h4-14H,16H2,1-3H3,(H,29,30)/b21-12+. The topological polar surface area (TPSA) is 71.3 Å². The highest BCUT2D eigenvalue weighted by molar-refractivity contribution is 9.10. The normalized spacial score (nSPS) is 10.9. The maximum atomic E-state index is 12.7. The third kappa shape index (κ3) is 5.77. The summed E-state index contributed by atoms with van der Waals surface area (Å²) in [5, 5.41) is 12.3. The summed E-state index contributed by atoms with van der Waals surface area (Å²) < 4.78 is 12.0. The molecule has 6 heteroatoms. The Morgan fingerprint density at radius 1 is 1.06 bits per heavy atom. The quantitative estimate of drug-likeness (QED) is 0.316. The minimum Gasteiger partial charge on any atom is -0.493 e. The van der Waals surface area contributed by atoms with Crippen molar-refractivity contribution in [2.24, 2.45) is 0 Å². The first kappa shape index (κ1) is 23.1. The Hall–Kier alpha value is -3.56. The molecule has 0 aromatic heterocycles. The molecular formula is C26H23BrN2O3. The average Bonchev–Trinajstić information content (AvgIpc) is 2.80. The van der Waals surface area contributed by atoms with E-state index in [2.05, 4.69) is 21.2 Å². The summed E-state index contributed by atoms with van der Waals surface area (Å²) in [6, 6.07) is 20.9. The van der Waals surface area contributed by atoms with E-state index in [-0.39, 0.29) is 5.57 Å². The third-order valence-electron chi connectivity index (χ3n) is 4.95. The lowest BCUT2D eigenvalue weighted by Gasteiger charge is -2.13. The number of halogens is 1. The second kappa shape index (κ2) is 10.7. The van der Waals surface area contributed by atoms with Crippen molar-refractivity contribution in [2.45, 2.75) is 20.5 Å². The number of nitrogens with zero attached hydrogens (tertiary/aromatic N) is 1. The van der Waals surface area contributed by atoms with E-state index in [1.165, 1.54) is 6.08 Å². The van der Waals surface area contributed by atoms with Gasteiger partial charge in [0.15, 0.2) is 11.5 Å². The average molecular weight is 491 g/mol. The molecule has 0 fully saturated rings. The number of carbonyl (C=O) groups excluding carboxylic acids is 1. The first-order valence-electron chi connectivity index (χ1n) is 9.96. The molecule has 0 heterocycles. The van der Waals surface area contributed by atoms with Crippen LogP contribution in [0.4, 0.5) is 5.69 Å². The van der Waals surface area contributed by atoms with Gasteiger partial charge < -0.3 is 14.8 Å². The van der Waals surface area contributed by atoms with Crippen molar-refractivity contribution in [3.05, 3.63) is 93.0 Å². The van der Waals surface area contributed by atoms with Crippen LogP contribution < -0.4 is 14.8 Å². The second-order valence-corrected chi connectivity index (χ2v) is 8.08. The summed E-state index contributed by atoms with van der Waals surface area (Å²) in [7, 11) is 1.55. The first-order chi connectivity index (χ1) is 15.4. The van der Waals surface area contributed by atoms with Gasteiger partial charge in [0.25, 0.3) is 5.91 Å². The van der Waals surface area contributed by atoms with Gasteiger partial charge in [-0.25, -0.2) is 0 Å². The fourth-order valence-electron chi connectivity index (χ4n) is 2.99. The zero-order valence-corrected chi connectivity index (χ0v) is 19.7. The van der Waals surface area contributed by atoms with Crippen LogP contribution in [0.15, 0.2) is 70.7 Å². The molecule has 0 spiro atoms. The maximum absolute atomic E-state index is 12.7. The van der Waals surface area contributed by atoms with E-state index in [1.54, 1.807) is 19.2 Å². The number of benzene rings is 3. The van der Waals surface area contributed by atoms with E-state index in [0.717, 1.165) is 16.7 Å². The van der Waals surface area contributed by atoms with Gasteiger partial charge in [0, 0.05) is 10.2 Å². The molecule has 0 aliphatic rings. The van der Waals surface area contributed by atoms with Crippen LogP contribution in [0.5, 0.6) is 11.5 Å². The zero-order chi connectivity index (χ0) is 23.1. The summed E-state index contributed by atoms with van der Waals surface area (Å²) in [5.41, 5.74) is 4.46. The molecule has 0 aliphatic heterocycles. The molecule has 3 aromatic carbocycles. The van der Waals surface area contributed by atoms with E-state index in [1.807, 2.05) is 68.4 Å². The van der Waals surface area contributed by atoms with Crippen molar-refractivity contribution in [1.29, 1.82) is 5.26 Å². The van der Waals surface area contributed by atoms with E-state index in [9.17, 15) is 10.1 Å². The number of anilines is 1. The molecule has 0 atom stereocenters. The van der Waals surface area contributed by atoms with Gasteiger partial charge in [0.1, 0.15) is 18.2 Å². The molecule has 0 saturated carbocycles. The number of hydrogen-bond donors (Lipinski definition) is 1. The number of amides is 1. The number of hydrogen-bond acceptors (Lipinski definition) is 4. The molecule has 3 rings (SSSR count). The number of rotatable bonds is 7. The van der Waals surface area contributed by atoms with E-state index >= 15 is 0 Å². The number of nitrogens with one attached hydrogen (secondary N) is 1. The number of ether oxygens (including phenoxy) is 2. The van der Waals surface area contributed by atoms with Crippen LogP contribution in [-0.2, 0) is 11.4 Å². The van der Waals surface area contributed by atoms with Crippen LogP contribution in [0.2, 0.25) is 0 Å². The summed E-state index contributed by atoms with van der Waals surface area (Å²) in [6.07, 6.45) is 1.52. The highest BCUT2D eigenvalue weighted by Gasteiger charge is 2.14. The van der Waals surface area contributed by atoms with Gasteiger partial charge in [-0.2, -0.15) is 5.26 Å². The molecule has 32 heavy (non-hydrogen) atoms. The lowest BCUT2D eigenvalue weighted by Crippen LogP contribution is -2.13. The largest absolute Gasteiger partial charge is 0.493 e. The number of nitriles is 1. The Balaban J connectivity index is 1.82. The number of methoxy groups -OCH3 is 1. The Labute approximate surface area is 196 Å². The molecule has 0 aliphatic carbocycles. The van der Waals surface area contributed by atoms with Gasteiger partial charge in [0.05, 0.1) is 7.11 Å². The SMILES string of the molecule is COc1cc(/C=C(\C#N)C(=O)Nc2ccc(C)c(C)c2)c(Br)cc1OCc1ccccc1. The van der Waals surface area contributed by atoms with Gasteiger partial charge in [-0.15, -0.1) is 0 Å². The van der Waals surface area contributed by atoms with Gasteiger partial charge in [-0.05, 0) is 66.4 Å². The minimum absolute atomic E-state index is 0.0241. The summed E-state index contributed by atoms with van der Waals surface area (Å²) in [5.74, 6) is 0.576. The molecule has 5 nitrogen and oxygen atoms in total. The molecular weight excluding hydrogens is 468 g/mol. The second-order valence-electron chi connectivity index (χ2n) is 7.22. The van der Waals surface area contributed by atoms with Gasteiger partial charge in [-0.3, -0.25) is 4.79 Å². The van der Waals surface area contributed by atoms with Crippen molar-refractivity contribution in [3.8, 4) is 17.6 Å². The maximum Gasteiger partial charge on any atom is 0.266 e. The van der Waals surface area contributed by atoms with Crippen molar-refractivity contribution in [3.63, 3.8) is 0 Å². The predicted molar refractivity (Wildman–Crippen MR) is 130 cm³/mol. The number of aryl methyl sites for hydroxylation is 2. The van der Waals surface area contributed by atoms with Crippen molar-refractivity contribution in [2.75, 3.05) is 12.4 Å². The summed E-state index contributed by atoms with van der Waals surface area (Å²) >= 11 is 3.51.